The maximum absolute atomic E-state index is 13.0. The first-order valence-corrected chi connectivity index (χ1v) is 9.66. The van der Waals surface area contributed by atoms with Crippen LogP contribution < -0.4 is 0 Å². The van der Waals surface area contributed by atoms with Gasteiger partial charge >= 0.3 is 0 Å². The molecule has 1 atom stereocenters. The van der Waals surface area contributed by atoms with Crippen LogP contribution in [0.2, 0.25) is 0 Å². The number of sulfonamides is 1. The smallest absolute Gasteiger partial charge is 0.246 e. The molecule has 0 bridgehead atoms. The van der Waals surface area contributed by atoms with E-state index < -0.39 is 10.0 Å². The van der Waals surface area contributed by atoms with Gasteiger partial charge in [-0.15, -0.1) is 0 Å². The molecule has 2 saturated heterocycles. The first-order valence-electron chi connectivity index (χ1n) is 8.22. The zero-order valence-corrected chi connectivity index (χ0v) is 14.0. The fourth-order valence-electron chi connectivity index (χ4n) is 3.56. The molecule has 1 aromatic rings. The normalized spacial score (nSPS) is 23.7. The lowest BCUT2D eigenvalue weighted by molar-refractivity contribution is 0.189. The molecule has 0 aliphatic carbocycles. The predicted octanol–water partition coefficient (Wildman–Crippen LogP) is 1.59. The Balaban J connectivity index is 1.82. The quantitative estimate of drug-likeness (QED) is 0.836. The van der Waals surface area contributed by atoms with Crippen molar-refractivity contribution in [2.45, 2.75) is 43.0 Å². The maximum atomic E-state index is 13.0. The Morgan fingerprint density at radius 2 is 2.00 bits per heavy atom. The zero-order chi connectivity index (χ0) is 16.3. The van der Waals surface area contributed by atoms with Crippen LogP contribution >= 0.6 is 0 Å². The van der Waals surface area contributed by atoms with Gasteiger partial charge in [-0.05, 0) is 50.9 Å². The number of hydrogen-bond donors (Lipinski definition) is 0. The molecule has 0 radical (unpaired) electrons. The Kier molecular flexibility index (Phi) is 4.95. The van der Waals surface area contributed by atoms with Crippen LogP contribution in [0.4, 0.5) is 0 Å². The molecule has 0 unspecified atom stereocenters. The number of rotatable bonds is 4. The van der Waals surface area contributed by atoms with Crippen LogP contribution in [-0.2, 0) is 10.0 Å². The van der Waals surface area contributed by atoms with E-state index in [0.717, 1.165) is 32.5 Å². The lowest BCUT2D eigenvalue weighted by Gasteiger charge is -2.32. The summed E-state index contributed by atoms with van der Waals surface area (Å²) in [4.78, 5) is 6.30. The van der Waals surface area contributed by atoms with E-state index in [9.17, 15) is 8.42 Å². The second-order valence-electron chi connectivity index (χ2n) is 6.24. The molecule has 2 fully saturated rings. The number of likely N-dealkylation sites (tertiary alicyclic amines) is 1. The van der Waals surface area contributed by atoms with E-state index in [4.69, 9.17) is 5.26 Å². The van der Waals surface area contributed by atoms with Crippen LogP contribution in [0, 0.1) is 11.3 Å². The largest absolute Gasteiger partial charge is 0.302 e. The van der Waals surface area contributed by atoms with E-state index in [0.29, 0.717) is 6.54 Å². The molecule has 0 spiro atoms. The molecule has 3 rings (SSSR count). The summed E-state index contributed by atoms with van der Waals surface area (Å²) in [6, 6.07) is 4.95. The van der Waals surface area contributed by atoms with Crippen molar-refractivity contribution in [1.82, 2.24) is 14.2 Å². The molecule has 0 saturated carbocycles. The molecule has 2 aliphatic rings. The summed E-state index contributed by atoms with van der Waals surface area (Å²) in [5.41, 5.74) is -0.0175. The van der Waals surface area contributed by atoms with Gasteiger partial charge in [-0.1, -0.05) is 6.42 Å². The van der Waals surface area contributed by atoms with Crippen LogP contribution in [0.15, 0.2) is 23.2 Å². The maximum Gasteiger partial charge on any atom is 0.246 e. The third-order valence-corrected chi connectivity index (χ3v) is 6.69. The van der Waals surface area contributed by atoms with E-state index in [1.165, 1.54) is 31.5 Å². The first kappa shape index (κ1) is 16.4. The molecule has 3 heterocycles. The van der Waals surface area contributed by atoms with Crippen molar-refractivity contribution in [2.75, 3.05) is 26.2 Å². The lowest BCUT2D eigenvalue weighted by atomic mass is 10.1. The van der Waals surface area contributed by atoms with Crippen LogP contribution in [0.3, 0.4) is 0 Å². The van der Waals surface area contributed by atoms with Gasteiger partial charge in [0.25, 0.3) is 0 Å². The van der Waals surface area contributed by atoms with Gasteiger partial charge in [0.1, 0.15) is 11.0 Å². The summed E-state index contributed by atoms with van der Waals surface area (Å²) in [5, 5.41) is 9.15. The highest BCUT2D eigenvalue weighted by Gasteiger charge is 2.37. The van der Waals surface area contributed by atoms with E-state index in [-0.39, 0.29) is 16.6 Å². The molecule has 2 aliphatic heterocycles. The SMILES string of the molecule is N#Cc1ncccc1S(=O)(=O)N1CCC[C@@H]1CN1CCCCC1. The Morgan fingerprint density at radius 1 is 1.22 bits per heavy atom. The molecule has 0 N–H and O–H groups in total. The topological polar surface area (TPSA) is 77.3 Å². The summed E-state index contributed by atoms with van der Waals surface area (Å²) in [6.45, 7) is 3.43. The van der Waals surface area contributed by atoms with Crippen LogP contribution in [0.1, 0.15) is 37.8 Å². The molecular weight excluding hydrogens is 312 g/mol. The second kappa shape index (κ2) is 6.95. The lowest BCUT2D eigenvalue weighted by Crippen LogP contribution is -2.44. The Morgan fingerprint density at radius 3 is 2.74 bits per heavy atom. The van der Waals surface area contributed by atoms with Gasteiger partial charge in [0, 0.05) is 25.3 Å². The van der Waals surface area contributed by atoms with Crippen molar-refractivity contribution in [3.05, 3.63) is 24.0 Å². The van der Waals surface area contributed by atoms with E-state index in [2.05, 4.69) is 9.88 Å². The predicted molar refractivity (Wildman–Crippen MR) is 86.2 cm³/mol. The first-order chi connectivity index (χ1) is 11.1. The molecule has 0 amide bonds. The minimum atomic E-state index is -3.66. The third kappa shape index (κ3) is 3.39. The van der Waals surface area contributed by atoms with Crippen LogP contribution in [-0.4, -0.2) is 54.8 Å². The van der Waals surface area contributed by atoms with Crippen LogP contribution in [0.5, 0.6) is 0 Å². The molecular formula is C16H22N4O2S. The van der Waals surface area contributed by atoms with Gasteiger partial charge in [0.15, 0.2) is 5.69 Å². The van der Waals surface area contributed by atoms with E-state index in [1.807, 2.05) is 6.07 Å². The Bertz CT molecular complexity index is 692. The van der Waals surface area contributed by atoms with Crippen molar-refractivity contribution in [3.8, 4) is 6.07 Å². The van der Waals surface area contributed by atoms with Gasteiger partial charge in [0.2, 0.25) is 10.0 Å². The van der Waals surface area contributed by atoms with Gasteiger partial charge in [-0.3, -0.25) is 0 Å². The standard InChI is InChI=1S/C16H22N4O2S/c17-12-15-16(7-4-8-18-15)23(21,22)20-11-5-6-14(20)13-19-9-2-1-3-10-19/h4,7-8,14H,1-3,5-6,9-11,13H2/t14-/m1/s1. The van der Waals surface area contributed by atoms with Crippen molar-refractivity contribution in [2.24, 2.45) is 0 Å². The number of nitrogens with zero attached hydrogens (tertiary/aromatic N) is 4. The number of hydrogen-bond acceptors (Lipinski definition) is 5. The number of pyridine rings is 1. The summed E-state index contributed by atoms with van der Waals surface area (Å²) in [7, 11) is -3.66. The summed E-state index contributed by atoms with van der Waals surface area (Å²) < 4.78 is 27.5. The second-order valence-corrected chi connectivity index (χ2v) is 8.09. The molecule has 6 nitrogen and oxygen atoms in total. The number of nitriles is 1. The Hall–Kier alpha value is -1.49. The van der Waals surface area contributed by atoms with Gasteiger partial charge in [-0.25, -0.2) is 13.4 Å². The molecule has 7 heteroatoms. The van der Waals surface area contributed by atoms with Crippen molar-refractivity contribution < 1.29 is 8.42 Å². The highest BCUT2D eigenvalue weighted by atomic mass is 32.2. The van der Waals surface area contributed by atoms with Gasteiger partial charge < -0.3 is 4.90 Å². The minimum absolute atomic E-state index is 0.00449. The Labute approximate surface area is 137 Å². The highest BCUT2D eigenvalue weighted by molar-refractivity contribution is 7.89. The van der Waals surface area contributed by atoms with Crippen molar-refractivity contribution in [3.63, 3.8) is 0 Å². The van der Waals surface area contributed by atoms with E-state index in [1.54, 1.807) is 10.4 Å². The molecule has 23 heavy (non-hydrogen) atoms. The molecule has 1 aromatic heterocycles. The fourth-order valence-corrected chi connectivity index (χ4v) is 5.34. The average molecular weight is 334 g/mol. The highest BCUT2D eigenvalue weighted by Crippen LogP contribution is 2.28. The van der Waals surface area contributed by atoms with Crippen molar-refractivity contribution >= 4 is 10.0 Å². The van der Waals surface area contributed by atoms with E-state index >= 15 is 0 Å². The molecule has 124 valence electrons. The van der Waals surface area contributed by atoms with Crippen molar-refractivity contribution in [1.29, 1.82) is 5.26 Å². The molecule has 0 aromatic carbocycles. The van der Waals surface area contributed by atoms with Crippen LogP contribution in [0.25, 0.3) is 0 Å². The summed E-state index contributed by atoms with van der Waals surface area (Å²) in [6.07, 6.45) is 6.87. The summed E-state index contributed by atoms with van der Waals surface area (Å²) in [5.74, 6) is 0. The average Bonchev–Trinajstić information content (AvgIpc) is 3.04. The zero-order valence-electron chi connectivity index (χ0n) is 13.2. The fraction of sp³-hybridized carbons (Fsp3) is 0.625. The summed E-state index contributed by atoms with van der Waals surface area (Å²) >= 11 is 0. The number of aromatic nitrogens is 1. The minimum Gasteiger partial charge on any atom is -0.302 e. The third-order valence-electron chi connectivity index (χ3n) is 4.70. The van der Waals surface area contributed by atoms with Gasteiger partial charge in [-0.2, -0.15) is 9.57 Å². The number of piperidine rings is 1. The monoisotopic (exact) mass is 334 g/mol. The van der Waals surface area contributed by atoms with Gasteiger partial charge in [0.05, 0.1) is 0 Å².